The van der Waals surface area contributed by atoms with Gasteiger partial charge in [0.05, 0.1) is 17.5 Å². The maximum absolute atomic E-state index is 13.7. The number of halogens is 1. The van der Waals surface area contributed by atoms with Crippen LogP contribution in [0, 0.1) is 17.7 Å². The number of hydrogen-bond acceptors (Lipinski definition) is 3. The van der Waals surface area contributed by atoms with Crippen molar-refractivity contribution >= 4 is 11.4 Å². The van der Waals surface area contributed by atoms with Crippen LogP contribution in [0.5, 0.6) is 5.75 Å². The largest absolute Gasteiger partial charge is 0.488 e. The van der Waals surface area contributed by atoms with Crippen LogP contribution in [-0.4, -0.2) is 12.6 Å². The molecule has 0 heterocycles. The summed E-state index contributed by atoms with van der Waals surface area (Å²) in [7, 11) is 0. The van der Waals surface area contributed by atoms with Crippen LogP contribution in [-0.2, 0) is 0 Å². The summed E-state index contributed by atoms with van der Waals surface area (Å²) in [6.07, 6.45) is 2.59. The van der Waals surface area contributed by atoms with E-state index in [2.05, 4.69) is 12.2 Å². The molecule has 0 aliphatic heterocycles. The molecular formula is C15H23FN2O. The van der Waals surface area contributed by atoms with Crippen molar-refractivity contribution < 1.29 is 9.13 Å². The molecule has 3 nitrogen and oxygen atoms in total. The van der Waals surface area contributed by atoms with Crippen LogP contribution >= 0.6 is 0 Å². The van der Waals surface area contributed by atoms with E-state index in [4.69, 9.17) is 10.5 Å². The van der Waals surface area contributed by atoms with E-state index >= 15 is 0 Å². The van der Waals surface area contributed by atoms with E-state index in [1.54, 1.807) is 6.07 Å². The third kappa shape index (κ3) is 3.75. The molecule has 0 amide bonds. The van der Waals surface area contributed by atoms with Crippen molar-refractivity contribution in [1.82, 2.24) is 0 Å². The van der Waals surface area contributed by atoms with Crippen molar-refractivity contribution in [2.75, 3.05) is 17.6 Å². The Hall–Kier alpha value is -1.45. The van der Waals surface area contributed by atoms with Gasteiger partial charge in [0.15, 0.2) is 11.6 Å². The highest BCUT2D eigenvalue weighted by atomic mass is 19.1. The summed E-state index contributed by atoms with van der Waals surface area (Å²) in [5.74, 6) is 1.30. The Balaban J connectivity index is 2.05. The maximum Gasteiger partial charge on any atom is 0.167 e. The first-order chi connectivity index (χ1) is 8.97. The van der Waals surface area contributed by atoms with Crippen LogP contribution in [0.3, 0.4) is 0 Å². The monoisotopic (exact) mass is 266 g/mol. The Morgan fingerprint density at radius 2 is 2.05 bits per heavy atom. The molecule has 1 atom stereocenters. The van der Waals surface area contributed by atoms with Gasteiger partial charge in [0.1, 0.15) is 0 Å². The van der Waals surface area contributed by atoms with Crippen molar-refractivity contribution in [2.24, 2.45) is 11.8 Å². The molecule has 0 bridgehead atoms. The molecular weight excluding hydrogens is 243 g/mol. The van der Waals surface area contributed by atoms with Gasteiger partial charge in [-0.05, 0) is 38.5 Å². The second-order valence-electron chi connectivity index (χ2n) is 5.73. The van der Waals surface area contributed by atoms with Gasteiger partial charge in [-0.1, -0.05) is 6.92 Å². The number of anilines is 2. The lowest BCUT2D eigenvalue weighted by Gasteiger charge is -2.17. The van der Waals surface area contributed by atoms with Gasteiger partial charge in [0, 0.05) is 18.7 Å². The molecule has 0 spiro atoms. The first-order valence-corrected chi connectivity index (χ1v) is 6.97. The van der Waals surface area contributed by atoms with Crippen LogP contribution in [0.2, 0.25) is 0 Å². The van der Waals surface area contributed by atoms with E-state index in [0.717, 1.165) is 18.2 Å². The predicted molar refractivity (Wildman–Crippen MR) is 77.0 cm³/mol. The zero-order chi connectivity index (χ0) is 14.0. The minimum atomic E-state index is -0.410. The summed E-state index contributed by atoms with van der Waals surface area (Å²) in [6, 6.07) is 2.98. The minimum absolute atomic E-state index is 0.0589. The molecule has 1 aliphatic rings. The number of benzene rings is 1. The van der Waals surface area contributed by atoms with E-state index in [1.807, 2.05) is 13.8 Å². The zero-order valence-electron chi connectivity index (χ0n) is 11.9. The maximum atomic E-state index is 13.7. The first-order valence-electron chi connectivity index (χ1n) is 6.97. The molecule has 0 radical (unpaired) electrons. The predicted octanol–water partition coefficient (Wildman–Crippen LogP) is 3.65. The van der Waals surface area contributed by atoms with Crippen molar-refractivity contribution in [3.8, 4) is 5.75 Å². The topological polar surface area (TPSA) is 47.3 Å². The van der Waals surface area contributed by atoms with Crippen molar-refractivity contribution in [3.05, 3.63) is 17.9 Å². The van der Waals surface area contributed by atoms with Gasteiger partial charge in [-0.3, -0.25) is 0 Å². The van der Waals surface area contributed by atoms with Gasteiger partial charge in [-0.2, -0.15) is 0 Å². The molecule has 2 rings (SSSR count). The molecule has 1 fully saturated rings. The number of hydrogen-bond donors (Lipinski definition) is 2. The smallest absolute Gasteiger partial charge is 0.167 e. The van der Waals surface area contributed by atoms with Gasteiger partial charge >= 0.3 is 0 Å². The third-order valence-corrected chi connectivity index (χ3v) is 3.51. The van der Waals surface area contributed by atoms with Gasteiger partial charge in [-0.25, -0.2) is 4.39 Å². The Bertz CT molecular complexity index is 444. The molecule has 1 unspecified atom stereocenters. The number of nitrogens with two attached hydrogens (primary N) is 1. The Morgan fingerprint density at radius 1 is 1.37 bits per heavy atom. The lowest BCUT2D eigenvalue weighted by molar-refractivity contribution is 0.231. The van der Waals surface area contributed by atoms with Crippen LogP contribution in [0.15, 0.2) is 12.1 Å². The first kappa shape index (κ1) is 14.0. The lowest BCUT2D eigenvalue weighted by Crippen LogP contribution is -2.14. The van der Waals surface area contributed by atoms with Gasteiger partial charge in [0.2, 0.25) is 0 Å². The van der Waals surface area contributed by atoms with Crippen LogP contribution in [0.1, 0.15) is 33.6 Å². The Labute approximate surface area is 114 Å². The van der Waals surface area contributed by atoms with Crippen LogP contribution in [0.4, 0.5) is 15.8 Å². The Morgan fingerprint density at radius 3 is 2.63 bits per heavy atom. The normalized spacial score (nSPS) is 16.5. The van der Waals surface area contributed by atoms with Crippen molar-refractivity contribution in [3.63, 3.8) is 0 Å². The summed E-state index contributed by atoms with van der Waals surface area (Å²) in [5.41, 5.74) is 7.02. The standard InChI is InChI=1S/C15H23FN2O/c1-9(2)19-15-7-14(13(17)6-12(15)16)18-8-10(3)11-4-5-11/h6-7,9-11,18H,4-5,8,17H2,1-3H3. The van der Waals surface area contributed by atoms with Crippen LogP contribution in [0.25, 0.3) is 0 Å². The van der Waals surface area contributed by atoms with Crippen molar-refractivity contribution in [1.29, 1.82) is 0 Å². The molecule has 1 aromatic carbocycles. The minimum Gasteiger partial charge on any atom is -0.488 e. The second kappa shape index (κ2) is 5.68. The highest BCUT2D eigenvalue weighted by Gasteiger charge is 2.27. The van der Waals surface area contributed by atoms with Crippen LogP contribution < -0.4 is 15.8 Å². The summed E-state index contributed by atoms with van der Waals surface area (Å²) in [6.45, 7) is 6.84. The Kier molecular flexibility index (Phi) is 4.17. The number of nitrogens with one attached hydrogen (secondary N) is 1. The van der Waals surface area contributed by atoms with Crippen molar-refractivity contribution in [2.45, 2.75) is 39.7 Å². The average Bonchev–Trinajstić information content (AvgIpc) is 3.14. The van der Waals surface area contributed by atoms with E-state index in [-0.39, 0.29) is 11.9 Å². The van der Waals surface area contributed by atoms with Gasteiger partial charge < -0.3 is 15.8 Å². The SMILES string of the molecule is CC(C)Oc1cc(NCC(C)C2CC2)c(N)cc1F. The molecule has 1 saturated carbocycles. The number of nitrogen functional groups attached to an aromatic ring is 1. The highest BCUT2D eigenvalue weighted by Crippen LogP contribution is 2.37. The highest BCUT2D eigenvalue weighted by molar-refractivity contribution is 5.68. The average molecular weight is 266 g/mol. The van der Waals surface area contributed by atoms with Gasteiger partial charge in [0.25, 0.3) is 0 Å². The lowest BCUT2D eigenvalue weighted by atomic mass is 10.1. The molecule has 1 aromatic rings. The zero-order valence-corrected chi connectivity index (χ0v) is 11.9. The van der Waals surface area contributed by atoms with E-state index in [9.17, 15) is 4.39 Å². The summed E-state index contributed by atoms with van der Waals surface area (Å²) >= 11 is 0. The second-order valence-corrected chi connectivity index (χ2v) is 5.73. The van der Waals surface area contributed by atoms with E-state index in [0.29, 0.717) is 11.6 Å². The molecule has 106 valence electrons. The third-order valence-electron chi connectivity index (χ3n) is 3.51. The number of rotatable bonds is 6. The fraction of sp³-hybridized carbons (Fsp3) is 0.600. The molecule has 0 aromatic heterocycles. The molecule has 19 heavy (non-hydrogen) atoms. The molecule has 0 saturated heterocycles. The fourth-order valence-corrected chi connectivity index (χ4v) is 2.17. The quantitative estimate of drug-likeness (QED) is 0.773. The summed E-state index contributed by atoms with van der Waals surface area (Å²) < 4.78 is 19.1. The fourth-order valence-electron chi connectivity index (χ4n) is 2.17. The van der Waals surface area contributed by atoms with Gasteiger partial charge in [-0.15, -0.1) is 0 Å². The summed E-state index contributed by atoms with van der Waals surface area (Å²) in [5, 5.41) is 3.30. The van der Waals surface area contributed by atoms with E-state index < -0.39 is 5.82 Å². The number of ether oxygens (including phenoxy) is 1. The molecule has 4 heteroatoms. The molecule has 3 N–H and O–H groups in total. The van der Waals surface area contributed by atoms with E-state index in [1.165, 1.54) is 18.9 Å². The summed E-state index contributed by atoms with van der Waals surface area (Å²) in [4.78, 5) is 0. The molecule has 1 aliphatic carbocycles.